The number of benzene rings is 2. The van der Waals surface area contributed by atoms with Crippen molar-refractivity contribution in [3.05, 3.63) is 78.4 Å². The van der Waals surface area contributed by atoms with Gasteiger partial charge in [0, 0.05) is 29.1 Å². The average molecular weight is 292 g/mol. The third-order valence-electron chi connectivity index (χ3n) is 3.46. The van der Waals surface area contributed by atoms with Crippen LogP contribution >= 0.6 is 0 Å². The second kappa shape index (κ2) is 5.77. The first kappa shape index (κ1) is 13.9. The van der Waals surface area contributed by atoms with E-state index in [9.17, 15) is 9.18 Å². The van der Waals surface area contributed by atoms with Gasteiger partial charge in [-0.25, -0.2) is 4.39 Å². The van der Waals surface area contributed by atoms with E-state index >= 15 is 0 Å². The maximum atomic E-state index is 14.3. The number of carbonyl (C=O) groups excluding carboxylic acids is 1. The Bertz CT molecular complexity index is 832. The van der Waals surface area contributed by atoms with E-state index in [1.165, 1.54) is 6.07 Å². The van der Waals surface area contributed by atoms with Crippen LogP contribution in [0.15, 0.2) is 67.0 Å². The summed E-state index contributed by atoms with van der Waals surface area (Å²) in [5.41, 5.74) is 8.20. The van der Waals surface area contributed by atoms with E-state index in [2.05, 4.69) is 4.98 Å². The molecule has 3 nitrogen and oxygen atoms in total. The van der Waals surface area contributed by atoms with Gasteiger partial charge in [0.25, 0.3) is 0 Å². The van der Waals surface area contributed by atoms with Gasteiger partial charge >= 0.3 is 0 Å². The van der Waals surface area contributed by atoms with E-state index in [1.54, 1.807) is 42.7 Å². The predicted octanol–water partition coefficient (Wildman–Crippen LogP) is 3.65. The Morgan fingerprint density at radius 1 is 0.909 bits per heavy atom. The van der Waals surface area contributed by atoms with Crippen molar-refractivity contribution in [2.75, 3.05) is 0 Å². The molecular formula is C18H13FN2O. The van der Waals surface area contributed by atoms with Crippen LogP contribution in [0.2, 0.25) is 0 Å². The first-order valence-corrected chi connectivity index (χ1v) is 6.76. The van der Waals surface area contributed by atoms with Crippen molar-refractivity contribution in [1.82, 2.24) is 4.98 Å². The topological polar surface area (TPSA) is 56.0 Å². The quantitative estimate of drug-likeness (QED) is 0.801. The molecule has 0 unspecified atom stereocenters. The number of nitrogens with two attached hydrogens (primary N) is 1. The Balaban J connectivity index is 2.35. The molecule has 2 N–H and O–H groups in total. The van der Waals surface area contributed by atoms with Gasteiger partial charge in [0.05, 0.1) is 0 Å². The van der Waals surface area contributed by atoms with Crippen LogP contribution in [0, 0.1) is 5.82 Å². The lowest BCUT2D eigenvalue weighted by molar-refractivity contribution is 0.100. The highest BCUT2D eigenvalue weighted by atomic mass is 19.1. The van der Waals surface area contributed by atoms with Gasteiger partial charge in [0.1, 0.15) is 5.82 Å². The van der Waals surface area contributed by atoms with Crippen LogP contribution in [0.5, 0.6) is 0 Å². The summed E-state index contributed by atoms with van der Waals surface area (Å²) in [5.74, 6) is -0.985. The van der Waals surface area contributed by atoms with Crippen molar-refractivity contribution >= 4 is 5.91 Å². The van der Waals surface area contributed by atoms with Gasteiger partial charge in [0.2, 0.25) is 5.91 Å². The highest BCUT2D eigenvalue weighted by Crippen LogP contribution is 2.35. The van der Waals surface area contributed by atoms with Crippen molar-refractivity contribution in [3.63, 3.8) is 0 Å². The number of nitrogens with zero attached hydrogens (tertiary/aromatic N) is 1. The summed E-state index contributed by atoms with van der Waals surface area (Å²) in [7, 11) is 0. The number of halogens is 1. The molecule has 1 amide bonds. The van der Waals surface area contributed by atoms with Crippen LogP contribution in [-0.2, 0) is 0 Å². The lowest BCUT2D eigenvalue weighted by Gasteiger charge is -2.14. The lowest BCUT2D eigenvalue weighted by Crippen LogP contribution is -2.13. The van der Waals surface area contributed by atoms with Gasteiger partial charge in [-0.3, -0.25) is 9.78 Å². The monoisotopic (exact) mass is 292 g/mol. The summed E-state index contributed by atoms with van der Waals surface area (Å²) in [5, 5.41) is 0. The van der Waals surface area contributed by atoms with E-state index in [0.29, 0.717) is 16.7 Å². The Hall–Kier alpha value is -3.01. The normalized spacial score (nSPS) is 10.4. The molecule has 3 aromatic rings. The third-order valence-corrected chi connectivity index (χ3v) is 3.46. The molecule has 0 bridgehead atoms. The zero-order valence-corrected chi connectivity index (χ0v) is 11.7. The molecule has 1 heterocycles. The highest BCUT2D eigenvalue weighted by molar-refractivity contribution is 6.04. The van der Waals surface area contributed by atoms with Crippen LogP contribution < -0.4 is 5.73 Å². The minimum atomic E-state index is -0.589. The number of amides is 1. The fourth-order valence-electron chi connectivity index (χ4n) is 2.48. The van der Waals surface area contributed by atoms with Gasteiger partial charge in [-0.15, -0.1) is 0 Å². The minimum absolute atomic E-state index is 0.291. The minimum Gasteiger partial charge on any atom is -0.366 e. The largest absolute Gasteiger partial charge is 0.366 e. The molecule has 0 saturated heterocycles. The van der Waals surface area contributed by atoms with Crippen LogP contribution in [0.25, 0.3) is 22.3 Å². The predicted molar refractivity (Wildman–Crippen MR) is 83.6 cm³/mol. The average Bonchev–Trinajstić information content (AvgIpc) is 2.55. The Labute approximate surface area is 127 Å². The fourth-order valence-corrected chi connectivity index (χ4v) is 2.48. The summed E-state index contributed by atoms with van der Waals surface area (Å²) in [6.07, 6.45) is 3.30. The number of primary amides is 1. The van der Waals surface area contributed by atoms with Crippen LogP contribution in [-0.4, -0.2) is 10.9 Å². The van der Waals surface area contributed by atoms with Crippen molar-refractivity contribution in [2.45, 2.75) is 0 Å². The first-order chi connectivity index (χ1) is 10.7. The SMILES string of the molecule is NC(=O)c1cccc(-c2ccncc2)c1-c1ccccc1F. The molecule has 0 aliphatic carbocycles. The highest BCUT2D eigenvalue weighted by Gasteiger charge is 2.18. The van der Waals surface area contributed by atoms with E-state index in [-0.39, 0.29) is 0 Å². The number of carbonyl (C=O) groups is 1. The van der Waals surface area contributed by atoms with Crippen molar-refractivity contribution in [2.24, 2.45) is 5.73 Å². The molecule has 0 spiro atoms. The maximum absolute atomic E-state index is 14.3. The molecule has 22 heavy (non-hydrogen) atoms. The summed E-state index contributed by atoms with van der Waals surface area (Å²) in [4.78, 5) is 15.8. The van der Waals surface area contributed by atoms with Crippen molar-refractivity contribution < 1.29 is 9.18 Å². The summed E-state index contributed by atoms with van der Waals surface area (Å²) in [6.45, 7) is 0. The molecule has 0 aliphatic heterocycles. The molecule has 3 rings (SSSR count). The van der Waals surface area contributed by atoms with Gasteiger partial charge in [-0.05, 0) is 35.4 Å². The number of aromatic nitrogens is 1. The number of hydrogen-bond donors (Lipinski definition) is 1. The van der Waals surface area contributed by atoms with Gasteiger partial charge in [-0.2, -0.15) is 0 Å². The lowest BCUT2D eigenvalue weighted by atomic mass is 9.90. The molecule has 0 saturated carbocycles. The van der Waals surface area contributed by atoms with E-state index in [4.69, 9.17) is 5.73 Å². The zero-order chi connectivity index (χ0) is 15.5. The number of hydrogen-bond acceptors (Lipinski definition) is 2. The molecule has 0 radical (unpaired) electrons. The second-order valence-electron chi connectivity index (χ2n) is 4.81. The van der Waals surface area contributed by atoms with E-state index in [1.807, 2.05) is 18.2 Å². The molecule has 4 heteroatoms. The molecule has 0 atom stereocenters. The zero-order valence-electron chi connectivity index (χ0n) is 11.7. The van der Waals surface area contributed by atoms with Crippen LogP contribution in [0.3, 0.4) is 0 Å². The number of rotatable bonds is 3. The summed E-state index contributed by atoms with van der Waals surface area (Å²) >= 11 is 0. The number of pyridine rings is 1. The Morgan fingerprint density at radius 2 is 1.59 bits per heavy atom. The molecule has 0 aliphatic rings. The van der Waals surface area contributed by atoms with Crippen LogP contribution in [0.4, 0.5) is 4.39 Å². The second-order valence-corrected chi connectivity index (χ2v) is 4.81. The summed E-state index contributed by atoms with van der Waals surface area (Å²) in [6, 6.07) is 15.1. The molecule has 108 valence electrons. The van der Waals surface area contributed by atoms with Gasteiger partial charge < -0.3 is 5.73 Å². The third kappa shape index (κ3) is 2.46. The van der Waals surface area contributed by atoms with Gasteiger partial charge in [0.15, 0.2) is 0 Å². The smallest absolute Gasteiger partial charge is 0.249 e. The Morgan fingerprint density at radius 3 is 2.27 bits per heavy atom. The van der Waals surface area contributed by atoms with E-state index < -0.39 is 11.7 Å². The first-order valence-electron chi connectivity index (χ1n) is 6.76. The molecule has 2 aromatic carbocycles. The standard InChI is InChI=1S/C18H13FN2O/c19-16-7-2-1-4-14(16)17-13(12-8-10-21-11-9-12)5-3-6-15(17)18(20)22/h1-11H,(H2,20,22). The maximum Gasteiger partial charge on any atom is 0.249 e. The summed E-state index contributed by atoms with van der Waals surface area (Å²) < 4.78 is 14.3. The van der Waals surface area contributed by atoms with Crippen molar-refractivity contribution in [1.29, 1.82) is 0 Å². The molecular weight excluding hydrogens is 279 g/mol. The molecule has 0 fully saturated rings. The van der Waals surface area contributed by atoms with E-state index in [0.717, 1.165) is 11.1 Å². The Kier molecular flexibility index (Phi) is 3.66. The van der Waals surface area contributed by atoms with Crippen LogP contribution in [0.1, 0.15) is 10.4 Å². The van der Waals surface area contributed by atoms with Gasteiger partial charge in [-0.1, -0.05) is 30.3 Å². The van der Waals surface area contributed by atoms with Crippen molar-refractivity contribution in [3.8, 4) is 22.3 Å². The fraction of sp³-hybridized carbons (Fsp3) is 0. The molecule has 1 aromatic heterocycles.